The van der Waals surface area contributed by atoms with Crippen molar-refractivity contribution in [1.82, 2.24) is 5.32 Å². The Labute approximate surface area is 109 Å². The quantitative estimate of drug-likeness (QED) is 0.641. The molecule has 0 saturated heterocycles. The second-order valence-corrected chi connectivity index (χ2v) is 4.96. The lowest BCUT2D eigenvalue weighted by Gasteiger charge is -2.20. The second kappa shape index (κ2) is 8.91. The molecule has 106 valence electrons. The Balaban J connectivity index is 4.38. The van der Waals surface area contributed by atoms with Gasteiger partial charge in [0.1, 0.15) is 6.04 Å². The van der Waals surface area contributed by atoms with Crippen LogP contribution in [0.1, 0.15) is 46.5 Å². The van der Waals surface area contributed by atoms with E-state index in [0.717, 1.165) is 12.8 Å². The van der Waals surface area contributed by atoms with Gasteiger partial charge in [0, 0.05) is 0 Å². The van der Waals surface area contributed by atoms with E-state index in [9.17, 15) is 9.59 Å². The summed E-state index contributed by atoms with van der Waals surface area (Å²) in [5, 5.41) is 2.67. The smallest absolute Gasteiger partial charge is 0.328 e. The van der Waals surface area contributed by atoms with Gasteiger partial charge in [0.2, 0.25) is 5.91 Å². The minimum Gasteiger partial charge on any atom is -0.467 e. The zero-order valence-corrected chi connectivity index (χ0v) is 11.9. The Morgan fingerprint density at radius 1 is 1.33 bits per heavy atom. The van der Waals surface area contributed by atoms with Crippen molar-refractivity contribution in [2.45, 2.75) is 58.5 Å². The highest BCUT2D eigenvalue weighted by Crippen LogP contribution is 2.07. The third-order valence-electron chi connectivity index (χ3n) is 2.71. The summed E-state index contributed by atoms with van der Waals surface area (Å²) in [6.45, 7) is 6.01. The molecule has 0 aromatic carbocycles. The molecule has 5 nitrogen and oxygen atoms in total. The van der Waals surface area contributed by atoms with Crippen molar-refractivity contribution in [1.29, 1.82) is 0 Å². The number of ether oxygens (including phenoxy) is 1. The number of amides is 1. The van der Waals surface area contributed by atoms with Crippen LogP contribution in [0.4, 0.5) is 0 Å². The molecule has 0 spiro atoms. The van der Waals surface area contributed by atoms with Crippen LogP contribution in [0.25, 0.3) is 0 Å². The summed E-state index contributed by atoms with van der Waals surface area (Å²) in [7, 11) is 1.32. The van der Waals surface area contributed by atoms with E-state index in [1.807, 2.05) is 20.8 Å². The first-order chi connectivity index (χ1) is 8.42. The average Bonchev–Trinajstić information content (AvgIpc) is 2.33. The first-order valence-corrected chi connectivity index (χ1v) is 6.56. The summed E-state index contributed by atoms with van der Waals surface area (Å²) in [6, 6.07) is -1.15. The molecular weight excluding hydrogens is 232 g/mol. The maximum atomic E-state index is 11.8. The summed E-state index contributed by atoms with van der Waals surface area (Å²) < 4.78 is 4.68. The van der Waals surface area contributed by atoms with Crippen molar-refractivity contribution in [3.63, 3.8) is 0 Å². The maximum absolute atomic E-state index is 11.8. The topological polar surface area (TPSA) is 81.4 Å². The summed E-state index contributed by atoms with van der Waals surface area (Å²) >= 11 is 0. The Kier molecular flexibility index (Phi) is 8.37. The van der Waals surface area contributed by atoms with E-state index in [0.29, 0.717) is 18.8 Å². The van der Waals surface area contributed by atoms with Gasteiger partial charge in [-0.25, -0.2) is 4.79 Å². The average molecular weight is 258 g/mol. The normalized spacial score (nSPS) is 14.1. The lowest BCUT2D eigenvalue weighted by Crippen LogP contribution is -2.49. The number of carbonyl (C=O) groups excluding carboxylic acids is 2. The summed E-state index contributed by atoms with van der Waals surface area (Å²) in [6.07, 6.45) is 3.09. The van der Waals surface area contributed by atoms with Crippen molar-refractivity contribution < 1.29 is 14.3 Å². The number of rotatable bonds is 8. The van der Waals surface area contributed by atoms with Gasteiger partial charge >= 0.3 is 5.97 Å². The zero-order valence-electron chi connectivity index (χ0n) is 11.9. The first kappa shape index (κ1) is 16.9. The van der Waals surface area contributed by atoms with Gasteiger partial charge in [-0.1, -0.05) is 33.6 Å². The molecule has 0 rings (SSSR count). The van der Waals surface area contributed by atoms with E-state index in [1.165, 1.54) is 7.11 Å². The summed E-state index contributed by atoms with van der Waals surface area (Å²) in [5.74, 6) is -0.402. The highest BCUT2D eigenvalue weighted by Gasteiger charge is 2.24. The molecule has 0 aliphatic carbocycles. The molecule has 0 aliphatic heterocycles. The number of nitrogens with two attached hydrogens (primary N) is 1. The molecule has 0 heterocycles. The fraction of sp³-hybridized carbons (Fsp3) is 0.846. The van der Waals surface area contributed by atoms with Gasteiger partial charge in [0.25, 0.3) is 0 Å². The van der Waals surface area contributed by atoms with Crippen molar-refractivity contribution in [2.75, 3.05) is 7.11 Å². The largest absolute Gasteiger partial charge is 0.467 e. The highest BCUT2D eigenvalue weighted by atomic mass is 16.5. The van der Waals surface area contributed by atoms with E-state index in [2.05, 4.69) is 10.1 Å². The number of carbonyl (C=O) groups is 2. The standard InChI is InChI=1S/C13H26N2O3/c1-5-6-7-10(14)12(16)15-11(8-9(2)3)13(17)18-4/h9-11H,5-8,14H2,1-4H3,(H,15,16)/t10-,11?/m0/s1. The van der Waals surface area contributed by atoms with Gasteiger partial charge in [-0.2, -0.15) is 0 Å². The first-order valence-electron chi connectivity index (χ1n) is 6.56. The molecule has 0 radical (unpaired) electrons. The SMILES string of the molecule is CCCC[C@H](N)C(=O)NC(CC(C)C)C(=O)OC. The van der Waals surface area contributed by atoms with Gasteiger partial charge < -0.3 is 15.8 Å². The molecule has 3 N–H and O–H groups in total. The van der Waals surface area contributed by atoms with Crippen LogP contribution >= 0.6 is 0 Å². The molecule has 0 saturated carbocycles. The van der Waals surface area contributed by atoms with E-state index < -0.39 is 18.1 Å². The lowest BCUT2D eigenvalue weighted by atomic mass is 10.0. The molecule has 0 aromatic rings. The van der Waals surface area contributed by atoms with E-state index in [1.54, 1.807) is 0 Å². The predicted octanol–water partition coefficient (Wildman–Crippen LogP) is 1.21. The van der Waals surface area contributed by atoms with Crippen LogP contribution in [-0.2, 0) is 14.3 Å². The molecule has 2 atom stereocenters. The summed E-state index contributed by atoms with van der Waals surface area (Å²) in [5.41, 5.74) is 5.76. The van der Waals surface area contributed by atoms with E-state index >= 15 is 0 Å². The molecular formula is C13H26N2O3. The van der Waals surface area contributed by atoms with Crippen LogP contribution in [0.15, 0.2) is 0 Å². The molecule has 0 aromatic heterocycles. The lowest BCUT2D eigenvalue weighted by molar-refractivity contribution is -0.145. The second-order valence-electron chi connectivity index (χ2n) is 4.96. The maximum Gasteiger partial charge on any atom is 0.328 e. The Bertz CT molecular complexity index is 267. The van der Waals surface area contributed by atoms with E-state index in [-0.39, 0.29) is 5.91 Å². The fourth-order valence-corrected chi connectivity index (χ4v) is 1.66. The summed E-state index contributed by atoms with van der Waals surface area (Å²) in [4.78, 5) is 23.4. The molecule has 1 unspecified atom stereocenters. The highest BCUT2D eigenvalue weighted by molar-refractivity contribution is 5.87. The van der Waals surface area contributed by atoms with Crippen molar-refractivity contribution in [3.8, 4) is 0 Å². The Morgan fingerprint density at radius 3 is 2.39 bits per heavy atom. The monoisotopic (exact) mass is 258 g/mol. The minimum atomic E-state index is -0.602. The van der Waals surface area contributed by atoms with Crippen LogP contribution in [-0.4, -0.2) is 31.1 Å². The van der Waals surface area contributed by atoms with E-state index in [4.69, 9.17) is 5.73 Å². The number of unbranched alkanes of at least 4 members (excludes halogenated alkanes) is 1. The Hall–Kier alpha value is -1.10. The number of methoxy groups -OCH3 is 1. The molecule has 5 heteroatoms. The fourth-order valence-electron chi connectivity index (χ4n) is 1.66. The number of hydrogen-bond acceptors (Lipinski definition) is 4. The van der Waals surface area contributed by atoms with Crippen molar-refractivity contribution in [3.05, 3.63) is 0 Å². The van der Waals surface area contributed by atoms with Crippen LogP contribution in [0.2, 0.25) is 0 Å². The number of nitrogens with one attached hydrogen (secondary N) is 1. The van der Waals surface area contributed by atoms with Crippen molar-refractivity contribution in [2.24, 2.45) is 11.7 Å². The van der Waals surface area contributed by atoms with Crippen LogP contribution in [0, 0.1) is 5.92 Å². The Morgan fingerprint density at radius 2 is 1.94 bits per heavy atom. The van der Waals surface area contributed by atoms with Gasteiger partial charge in [-0.3, -0.25) is 4.79 Å². The predicted molar refractivity (Wildman–Crippen MR) is 70.9 cm³/mol. The van der Waals surface area contributed by atoms with Crippen LogP contribution in [0.5, 0.6) is 0 Å². The number of hydrogen-bond donors (Lipinski definition) is 2. The van der Waals surface area contributed by atoms with Crippen LogP contribution in [0.3, 0.4) is 0 Å². The molecule has 18 heavy (non-hydrogen) atoms. The number of esters is 1. The molecule has 0 aliphatic rings. The third kappa shape index (κ3) is 6.59. The van der Waals surface area contributed by atoms with Crippen molar-refractivity contribution >= 4 is 11.9 Å². The van der Waals surface area contributed by atoms with Gasteiger partial charge in [0.15, 0.2) is 0 Å². The van der Waals surface area contributed by atoms with Gasteiger partial charge in [-0.05, 0) is 18.8 Å². The molecule has 1 amide bonds. The van der Waals surface area contributed by atoms with Crippen LogP contribution < -0.4 is 11.1 Å². The zero-order chi connectivity index (χ0) is 14.1. The molecule has 0 bridgehead atoms. The molecule has 0 fully saturated rings. The third-order valence-corrected chi connectivity index (χ3v) is 2.71. The van der Waals surface area contributed by atoms with Gasteiger partial charge in [0.05, 0.1) is 13.2 Å². The minimum absolute atomic E-state index is 0.278. The van der Waals surface area contributed by atoms with Gasteiger partial charge in [-0.15, -0.1) is 0 Å².